The summed E-state index contributed by atoms with van der Waals surface area (Å²) in [5.41, 5.74) is 5.68. The molecule has 6 rings (SSSR count). The Morgan fingerprint density at radius 3 is 2.64 bits per heavy atom. The summed E-state index contributed by atoms with van der Waals surface area (Å²) in [5, 5.41) is 8.94. The van der Waals surface area contributed by atoms with Crippen LogP contribution in [0.5, 0.6) is 0 Å². The van der Waals surface area contributed by atoms with Gasteiger partial charge in [0.2, 0.25) is 0 Å². The fourth-order valence-electron chi connectivity index (χ4n) is 5.67. The third-order valence-electron chi connectivity index (χ3n) is 7.57. The Labute approximate surface area is 195 Å². The SMILES string of the molecule is O=C(NCc1ccccc1)NC1CCN(Cc2c3c(cc4ccccc24)C=CC2CC32)CC1. The molecule has 1 saturated carbocycles. The van der Waals surface area contributed by atoms with E-state index in [4.69, 9.17) is 0 Å². The number of allylic oxidation sites excluding steroid dienone is 1. The van der Waals surface area contributed by atoms with Gasteiger partial charge < -0.3 is 10.6 Å². The summed E-state index contributed by atoms with van der Waals surface area (Å²) in [6, 6.07) is 21.5. The summed E-state index contributed by atoms with van der Waals surface area (Å²) < 4.78 is 0. The predicted molar refractivity (Wildman–Crippen MR) is 134 cm³/mol. The van der Waals surface area contributed by atoms with E-state index in [0.29, 0.717) is 6.54 Å². The van der Waals surface area contributed by atoms with Crippen LogP contribution in [-0.2, 0) is 13.1 Å². The number of nitrogens with zero attached hydrogens (tertiary/aromatic N) is 1. The molecule has 0 bridgehead atoms. The smallest absolute Gasteiger partial charge is 0.315 e. The van der Waals surface area contributed by atoms with E-state index in [2.05, 4.69) is 58.0 Å². The van der Waals surface area contributed by atoms with Crippen LogP contribution in [0.3, 0.4) is 0 Å². The minimum absolute atomic E-state index is 0.0630. The van der Waals surface area contributed by atoms with Gasteiger partial charge in [-0.1, -0.05) is 66.7 Å². The van der Waals surface area contributed by atoms with Crippen LogP contribution in [0.25, 0.3) is 16.8 Å². The molecule has 4 heteroatoms. The number of carbonyl (C=O) groups excluding carboxylic acids is 1. The van der Waals surface area contributed by atoms with Crippen LogP contribution < -0.4 is 10.6 Å². The first-order valence-corrected chi connectivity index (χ1v) is 12.3. The summed E-state index contributed by atoms with van der Waals surface area (Å²) in [6.07, 6.45) is 8.06. The largest absolute Gasteiger partial charge is 0.335 e. The maximum atomic E-state index is 12.4. The first-order chi connectivity index (χ1) is 16.2. The Bertz CT molecular complexity index is 1190. The van der Waals surface area contributed by atoms with E-state index in [-0.39, 0.29) is 12.1 Å². The number of nitrogens with one attached hydrogen (secondary N) is 2. The third kappa shape index (κ3) is 4.28. The average molecular weight is 438 g/mol. The van der Waals surface area contributed by atoms with Crippen LogP contribution >= 0.6 is 0 Å². The molecule has 3 aliphatic rings. The van der Waals surface area contributed by atoms with Crippen molar-refractivity contribution in [2.45, 2.75) is 44.3 Å². The van der Waals surface area contributed by atoms with Crippen LogP contribution in [0.4, 0.5) is 4.79 Å². The molecule has 2 fully saturated rings. The van der Waals surface area contributed by atoms with Gasteiger partial charge in [-0.25, -0.2) is 4.79 Å². The Hall–Kier alpha value is -3.11. The van der Waals surface area contributed by atoms with E-state index in [0.717, 1.165) is 49.9 Å². The van der Waals surface area contributed by atoms with Crippen molar-refractivity contribution in [2.24, 2.45) is 5.92 Å². The molecule has 168 valence electrons. The second kappa shape index (κ2) is 8.68. The van der Waals surface area contributed by atoms with E-state index in [1.54, 1.807) is 5.56 Å². The van der Waals surface area contributed by atoms with E-state index in [1.165, 1.54) is 28.3 Å². The van der Waals surface area contributed by atoms with Crippen LogP contribution in [0, 0.1) is 5.92 Å². The Balaban J connectivity index is 1.10. The number of rotatable bonds is 5. The molecule has 1 saturated heterocycles. The Morgan fingerprint density at radius 2 is 1.79 bits per heavy atom. The van der Waals surface area contributed by atoms with E-state index in [1.807, 2.05) is 30.3 Å². The highest BCUT2D eigenvalue weighted by atomic mass is 16.2. The number of fused-ring (bicyclic) bond motifs is 4. The van der Waals surface area contributed by atoms with Crippen molar-refractivity contribution in [3.05, 3.63) is 89.0 Å². The minimum Gasteiger partial charge on any atom is -0.335 e. The normalized spacial score (nSPS) is 21.9. The van der Waals surface area contributed by atoms with Gasteiger partial charge in [0.05, 0.1) is 0 Å². The maximum Gasteiger partial charge on any atom is 0.315 e. The molecule has 0 radical (unpaired) electrons. The molecule has 0 spiro atoms. The van der Waals surface area contributed by atoms with Crippen LogP contribution in [-0.4, -0.2) is 30.1 Å². The van der Waals surface area contributed by atoms with Crippen molar-refractivity contribution < 1.29 is 4.79 Å². The average Bonchev–Trinajstić information content (AvgIpc) is 3.64. The fraction of sp³-hybridized carbons (Fsp3) is 0.345. The van der Waals surface area contributed by atoms with Crippen molar-refractivity contribution >= 4 is 22.9 Å². The number of amides is 2. The highest BCUT2D eigenvalue weighted by Crippen LogP contribution is 2.54. The standard InChI is InChI=1S/C29H31N3O/c33-29(30-18-20-6-2-1-3-7-20)31-24-12-14-32(15-13-24)19-27-25-9-5-4-8-21(25)16-23-11-10-22-17-26(22)28(23)27/h1-11,16,22,24,26H,12-15,17-19H2,(H2,30,31,33). The van der Waals surface area contributed by atoms with Gasteiger partial charge in [0.1, 0.15) is 0 Å². The highest BCUT2D eigenvalue weighted by Gasteiger charge is 2.41. The molecule has 2 atom stereocenters. The van der Waals surface area contributed by atoms with Crippen molar-refractivity contribution in [1.29, 1.82) is 0 Å². The number of likely N-dealkylation sites (tertiary alicyclic amines) is 1. The molecule has 0 aromatic heterocycles. The van der Waals surface area contributed by atoms with Gasteiger partial charge in [-0.05, 0) is 70.2 Å². The van der Waals surface area contributed by atoms with Crippen molar-refractivity contribution in [1.82, 2.24) is 15.5 Å². The molecule has 3 aromatic carbocycles. The third-order valence-corrected chi connectivity index (χ3v) is 7.57. The summed E-state index contributed by atoms with van der Waals surface area (Å²) >= 11 is 0. The van der Waals surface area contributed by atoms with Gasteiger partial charge in [-0.15, -0.1) is 0 Å². The van der Waals surface area contributed by atoms with E-state index < -0.39 is 0 Å². The Kier molecular flexibility index (Phi) is 5.39. The molecule has 4 nitrogen and oxygen atoms in total. The lowest BCUT2D eigenvalue weighted by molar-refractivity contribution is 0.186. The fourth-order valence-corrected chi connectivity index (χ4v) is 5.67. The molecule has 33 heavy (non-hydrogen) atoms. The molecule has 2 aliphatic carbocycles. The van der Waals surface area contributed by atoms with E-state index >= 15 is 0 Å². The molecular formula is C29H31N3O. The molecule has 1 aliphatic heterocycles. The quantitative estimate of drug-likeness (QED) is 0.559. The molecule has 2 amide bonds. The summed E-state index contributed by atoms with van der Waals surface area (Å²) in [6.45, 7) is 3.61. The zero-order valence-electron chi connectivity index (χ0n) is 19.0. The van der Waals surface area contributed by atoms with E-state index in [9.17, 15) is 4.79 Å². The summed E-state index contributed by atoms with van der Waals surface area (Å²) in [7, 11) is 0. The van der Waals surface area contributed by atoms with Crippen LogP contribution in [0.2, 0.25) is 0 Å². The number of piperidine rings is 1. The monoisotopic (exact) mass is 437 g/mol. The van der Waals surface area contributed by atoms with Gasteiger partial charge in [-0.2, -0.15) is 0 Å². The van der Waals surface area contributed by atoms with Gasteiger partial charge in [0.15, 0.2) is 0 Å². The highest BCUT2D eigenvalue weighted by molar-refractivity contribution is 5.90. The first kappa shape index (κ1) is 20.5. The molecule has 2 unspecified atom stereocenters. The summed E-state index contributed by atoms with van der Waals surface area (Å²) in [4.78, 5) is 14.9. The van der Waals surface area contributed by atoms with Gasteiger partial charge in [0.25, 0.3) is 0 Å². The zero-order chi connectivity index (χ0) is 22.2. The number of hydrogen-bond donors (Lipinski definition) is 2. The number of benzene rings is 3. The van der Waals surface area contributed by atoms with Gasteiger partial charge in [-0.3, -0.25) is 4.90 Å². The number of carbonyl (C=O) groups is 1. The van der Waals surface area contributed by atoms with Crippen molar-refractivity contribution in [3.63, 3.8) is 0 Å². The Morgan fingerprint density at radius 1 is 1.00 bits per heavy atom. The van der Waals surface area contributed by atoms with Gasteiger partial charge >= 0.3 is 6.03 Å². The second-order valence-corrected chi connectivity index (χ2v) is 9.81. The predicted octanol–water partition coefficient (Wildman–Crippen LogP) is 5.43. The van der Waals surface area contributed by atoms with Gasteiger partial charge in [0, 0.05) is 32.2 Å². The topological polar surface area (TPSA) is 44.4 Å². The van der Waals surface area contributed by atoms with Crippen molar-refractivity contribution in [3.8, 4) is 0 Å². The number of urea groups is 1. The van der Waals surface area contributed by atoms with Crippen LogP contribution in [0.1, 0.15) is 47.4 Å². The lowest BCUT2D eigenvalue weighted by Crippen LogP contribution is -2.47. The minimum atomic E-state index is -0.0630. The van der Waals surface area contributed by atoms with Crippen molar-refractivity contribution in [2.75, 3.05) is 13.1 Å². The number of hydrogen-bond acceptors (Lipinski definition) is 2. The molecule has 3 aromatic rings. The molecule has 1 heterocycles. The second-order valence-electron chi connectivity index (χ2n) is 9.81. The lowest BCUT2D eigenvalue weighted by Gasteiger charge is -2.33. The first-order valence-electron chi connectivity index (χ1n) is 12.3. The van der Waals surface area contributed by atoms with Crippen LogP contribution in [0.15, 0.2) is 66.7 Å². The lowest BCUT2D eigenvalue weighted by atomic mass is 9.87. The molecular weight excluding hydrogens is 406 g/mol. The maximum absolute atomic E-state index is 12.4. The molecule has 2 N–H and O–H groups in total. The summed E-state index contributed by atoms with van der Waals surface area (Å²) in [5.74, 6) is 1.47. The zero-order valence-corrected chi connectivity index (χ0v) is 19.0.